The standard InChI is InChI=1S/C6H6FNO3S2/c1-3(9)5-2-4(7)6(12-5)13(8,10)11/h2H,1H3,(H2,8,10,11). The zero-order valence-corrected chi connectivity index (χ0v) is 8.21. The molecule has 0 saturated carbocycles. The van der Waals surface area contributed by atoms with Gasteiger partial charge in [-0.15, -0.1) is 11.3 Å². The number of carbonyl (C=O) groups is 1. The minimum atomic E-state index is -4.05. The van der Waals surface area contributed by atoms with E-state index in [-0.39, 0.29) is 10.7 Å². The Morgan fingerprint density at radius 1 is 1.62 bits per heavy atom. The summed E-state index contributed by atoms with van der Waals surface area (Å²) < 4.78 is 33.7. The van der Waals surface area contributed by atoms with Gasteiger partial charge in [0.25, 0.3) is 10.0 Å². The lowest BCUT2D eigenvalue weighted by Gasteiger charge is -1.89. The zero-order valence-electron chi connectivity index (χ0n) is 6.57. The molecular formula is C6H6FNO3S2. The summed E-state index contributed by atoms with van der Waals surface area (Å²) in [7, 11) is -4.05. The van der Waals surface area contributed by atoms with Crippen LogP contribution in [0.4, 0.5) is 4.39 Å². The van der Waals surface area contributed by atoms with Crippen LogP contribution in [0.2, 0.25) is 0 Å². The summed E-state index contributed by atoms with van der Waals surface area (Å²) in [5, 5.41) is 4.70. The lowest BCUT2D eigenvalue weighted by Crippen LogP contribution is -2.11. The number of carbonyl (C=O) groups excluding carboxylic acids is 1. The van der Waals surface area contributed by atoms with Gasteiger partial charge in [-0.1, -0.05) is 0 Å². The third-order valence-electron chi connectivity index (χ3n) is 1.26. The highest BCUT2D eigenvalue weighted by atomic mass is 32.2. The second-order valence-corrected chi connectivity index (χ2v) is 5.16. The Kier molecular flexibility index (Phi) is 2.51. The third kappa shape index (κ3) is 2.11. The summed E-state index contributed by atoms with van der Waals surface area (Å²) in [5.41, 5.74) is 0. The van der Waals surface area contributed by atoms with Crippen molar-refractivity contribution in [3.8, 4) is 0 Å². The number of hydrogen-bond acceptors (Lipinski definition) is 4. The summed E-state index contributed by atoms with van der Waals surface area (Å²) in [4.78, 5) is 10.8. The molecule has 1 heterocycles. The Labute approximate surface area is 78.2 Å². The third-order valence-corrected chi connectivity index (χ3v) is 3.93. The Morgan fingerprint density at radius 3 is 2.38 bits per heavy atom. The van der Waals surface area contributed by atoms with Crippen molar-refractivity contribution in [1.82, 2.24) is 0 Å². The maximum Gasteiger partial charge on any atom is 0.250 e. The van der Waals surface area contributed by atoms with Gasteiger partial charge < -0.3 is 0 Å². The molecule has 13 heavy (non-hydrogen) atoms. The summed E-state index contributed by atoms with van der Waals surface area (Å²) in [6, 6.07) is 0.868. The van der Waals surface area contributed by atoms with Crippen molar-refractivity contribution in [3.05, 3.63) is 16.8 Å². The first-order valence-electron chi connectivity index (χ1n) is 3.15. The van der Waals surface area contributed by atoms with E-state index in [1.165, 1.54) is 6.92 Å². The number of ketones is 1. The van der Waals surface area contributed by atoms with Crippen LogP contribution in [-0.4, -0.2) is 14.2 Å². The van der Waals surface area contributed by atoms with Crippen LogP contribution in [0.25, 0.3) is 0 Å². The summed E-state index contributed by atoms with van der Waals surface area (Å²) in [5.74, 6) is -1.36. The molecule has 7 heteroatoms. The van der Waals surface area contributed by atoms with Crippen LogP contribution < -0.4 is 5.14 Å². The van der Waals surface area contributed by atoms with Crippen LogP contribution >= 0.6 is 11.3 Å². The number of nitrogens with two attached hydrogens (primary N) is 1. The number of sulfonamides is 1. The lowest BCUT2D eigenvalue weighted by atomic mass is 10.3. The van der Waals surface area contributed by atoms with E-state index in [0.29, 0.717) is 11.3 Å². The van der Waals surface area contributed by atoms with Gasteiger partial charge in [0, 0.05) is 0 Å². The Hall–Kier alpha value is -0.790. The predicted molar refractivity (Wildman–Crippen MR) is 45.7 cm³/mol. The quantitative estimate of drug-likeness (QED) is 0.751. The number of hydrogen-bond donors (Lipinski definition) is 1. The molecule has 1 rings (SSSR count). The first-order valence-corrected chi connectivity index (χ1v) is 5.51. The number of Topliss-reactive ketones (excluding diaryl/α,β-unsaturated/α-hetero) is 1. The first kappa shape index (κ1) is 10.3. The Balaban J connectivity index is 3.35. The van der Waals surface area contributed by atoms with Crippen LogP contribution in [0.15, 0.2) is 10.3 Å². The van der Waals surface area contributed by atoms with Gasteiger partial charge in [0.1, 0.15) is 0 Å². The van der Waals surface area contributed by atoms with Crippen molar-refractivity contribution >= 4 is 27.1 Å². The van der Waals surface area contributed by atoms with Crippen molar-refractivity contribution in [3.63, 3.8) is 0 Å². The molecule has 0 aliphatic rings. The van der Waals surface area contributed by atoms with Crippen molar-refractivity contribution in [2.24, 2.45) is 5.14 Å². The second-order valence-electron chi connectivity index (χ2n) is 2.35. The molecule has 0 radical (unpaired) electrons. The monoisotopic (exact) mass is 223 g/mol. The van der Waals surface area contributed by atoms with E-state index in [1.54, 1.807) is 0 Å². The van der Waals surface area contributed by atoms with Gasteiger partial charge in [0.2, 0.25) is 0 Å². The summed E-state index contributed by atoms with van der Waals surface area (Å²) in [6.07, 6.45) is 0. The second kappa shape index (κ2) is 3.17. The van der Waals surface area contributed by atoms with Crippen LogP contribution in [0.1, 0.15) is 16.6 Å². The van der Waals surface area contributed by atoms with Gasteiger partial charge >= 0.3 is 0 Å². The Bertz CT molecular complexity index is 448. The molecule has 0 aromatic carbocycles. The molecule has 4 nitrogen and oxygen atoms in total. The average Bonchev–Trinajstić information content (AvgIpc) is 2.29. The van der Waals surface area contributed by atoms with Gasteiger partial charge in [-0.25, -0.2) is 17.9 Å². The van der Waals surface area contributed by atoms with Gasteiger partial charge in [-0.05, 0) is 13.0 Å². The molecule has 0 atom stereocenters. The normalized spacial score (nSPS) is 11.6. The fraction of sp³-hybridized carbons (Fsp3) is 0.167. The Morgan fingerprint density at radius 2 is 2.15 bits per heavy atom. The SMILES string of the molecule is CC(=O)c1cc(F)c(S(N)(=O)=O)s1. The molecule has 1 aromatic heterocycles. The summed E-state index contributed by atoms with van der Waals surface area (Å²) in [6.45, 7) is 1.22. The molecule has 0 saturated heterocycles. The van der Waals surface area contributed by atoms with Gasteiger partial charge in [0.05, 0.1) is 4.88 Å². The van der Waals surface area contributed by atoms with E-state index >= 15 is 0 Å². The molecule has 0 spiro atoms. The number of thiophene rings is 1. The highest BCUT2D eigenvalue weighted by Gasteiger charge is 2.20. The van der Waals surface area contributed by atoms with E-state index in [4.69, 9.17) is 5.14 Å². The van der Waals surface area contributed by atoms with Crippen LogP contribution in [-0.2, 0) is 10.0 Å². The van der Waals surface area contributed by atoms with Crippen LogP contribution in [0.3, 0.4) is 0 Å². The first-order chi connectivity index (χ1) is 5.82. The molecule has 72 valence electrons. The van der Waals surface area contributed by atoms with Crippen LogP contribution in [0.5, 0.6) is 0 Å². The van der Waals surface area contributed by atoms with Crippen molar-refractivity contribution in [1.29, 1.82) is 0 Å². The van der Waals surface area contributed by atoms with E-state index in [2.05, 4.69) is 0 Å². The lowest BCUT2D eigenvalue weighted by molar-refractivity contribution is 0.102. The highest BCUT2D eigenvalue weighted by Crippen LogP contribution is 2.24. The molecule has 2 N–H and O–H groups in total. The summed E-state index contributed by atoms with van der Waals surface area (Å²) >= 11 is 0.537. The van der Waals surface area contributed by atoms with Crippen molar-refractivity contribution < 1.29 is 17.6 Å². The van der Waals surface area contributed by atoms with Gasteiger partial charge in [-0.3, -0.25) is 4.79 Å². The number of rotatable bonds is 2. The maximum atomic E-state index is 12.9. The van der Waals surface area contributed by atoms with Gasteiger partial charge in [-0.2, -0.15) is 0 Å². The van der Waals surface area contributed by atoms with Crippen molar-refractivity contribution in [2.75, 3.05) is 0 Å². The van der Waals surface area contributed by atoms with E-state index in [1.807, 2.05) is 0 Å². The smallest absolute Gasteiger partial charge is 0.250 e. The minimum absolute atomic E-state index is 0.0431. The topological polar surface area (TPSA) is 77.2 Å². The van der Waals surface area contributed by atoms with Crippen molar-refractivity contribution in [2.45, 2.75) is 11.1 Å². The molecule has 1 aromatic rings. The fourth-order valence-corrected chi connectivity index (χ4v) is 2.45. The molecule has 0 unspecified atom stereocenters. The number of primary sulfonamides is 1. The molecule has 0 bridgehead atoms. The maximum absolute atomic E-state index is 12.9. The van der Waals surface area contributed by atoms with E-state index in [0.717, 1.165) is 6.07 Å². The number of halogens is 1. The van der Waals surface area contributed by atoms with E-state index < -0.39 is 20.0 Å². The molecule has 0 aliphatic carbocycles. The zero-order chi connectivity index (χ0) is 10.2. The fourth-order valence-electron chi connectivity index (χ4n) is 0.720. The highest BCUT2D eigenvalue weighted by molar-refractivity contribution is 7.91. The molecule has 0 fully saturated rings. The molecular weight excluding hydrogens is 217 g/mol. The predicted octanol–water partition coefficient (Wildman–Crippen LogP) is 0.737. The van der Waals surface area contributed by atoms with Crippen LogP contribution in [0, 0.1) is 5.82 Å². The van der Waals surface area contributed by atoms with Gasteiger partial charge in [0.15, 0.2) is 15.8 Å². The average molecular weight is 223 g/mol. The molecule has 0 aliphatic heterocycles. The largest absolute Gasteiger partial charge is 0.294 e. The molecule has 0 amide bonds. The van der Waals surface area contributed by atoms with E-state index in [9.17, 15) is 17.6 Å². The minimum Gasteiger partial charge on any atom is -0.294 e.